The molecule has 0 radical (unpaired) electrons. The molecular formula is C23H31N5O2S. The summed E-state index contributed by atoms with van der Waals surface area (Å²) in [7, 11) is 2.05. The van der Waals surface area contributed by atoms with E-state index in [0.29, 0.717) is 37.5 Å². The number of thioether (sulfide) groups is 1. The lowest BCUT2D eigenvalue weighted by Gasteiger charge is -2.34. The van der Waals surface area contributed by atoms with Crippen LogP contribution < -0.4 is 4.90 Å². The molecule has 2 amide bonds. The summed E-state index contributed by atoms with van der Waals surface area (Å²) in [6, 6.07) is 9.76. The van der Waals surface area contributed by atoms with Crippen LogP contribution in [0.15, 0.2) is 35.5 Å². The van der Waals surface area contributed by atoms with Gasteiger partial charge in [0.05, 0.1) is 0 Å². The molecular weight excluding hydrogens is 410 g/mol. The number of hydrogen-bond acceptors (Lipinski definition) is 6. The number of benzene rings is 1. The molecule has 0 N–H and O–H groups in total. The fraction of sp³-hybridized carbons (Fsp3) is 0.478. The van der Waals surface area contributed by atoms with Gasteiger partial charge >= 0.3 is 0 Å². The molecule has 7 nitrogen and oxygen atoms in total. The highest BCUT2D eigenvalue weighted by molar-refractivity contribution is 7.98. The Balaban J connectivity index is 1.64. The van der Waals surface area contributed by atoms with Crippen molar-refractivity contribution in [2.24, 2.45) is 0 Å². The van der Waals surface area contributed by atoms with E-state index >= 15 is 0 Å². The van der Waals surface area contributed by atoms with Gasteiger partial charge in [0.15, 0.2) is 5.16 Å². The monoisotopic (exact) mass is 441 g/mol. The summed E-state index contributed by atoms with van der Waals surface area (Å²) in [6.07, 6.45) is 1.06. The fourth-order valence-corrected chi connectivity index (χ4v) is 4.43. The highest BCUT2D eigenvalue weighted by atomic mass is 32.2. The van der Waals surface area contributed by atoms with Crippen LogP contribution in [0.25, 0.3) is 0 Å². The first-order valence-corrected chi connectivity index (χ1v) is 11.7. The summed E-state index contributed by atoms with van der Waals surface area (Å²) >= 11 is 1.58. The summed E-state index contributed by atoms with van der Waals surface area (Å²) in [5.41, 5.74) is 2.69. The zero-order valence-corrected chi connectivity index (χ0v) is 19.6. The van der Waals surface area contributed by atoms with Gasteiger partial charge in [0.1, 0.15) is 5.82 Å². The number of piperazine rings is 1. The van der Waals surface area contributed by atoms with E-state index < -0.39 is 0 Å². The minimum absolute atomic E-state index is 0.0188. The molecule has 0 aliphatic carbocycles. The first-order valence-electron chi connectivity index (χ1n) is 10.7. The molecule has 8 heteroatoms. The van der Waals surface area contributed by atoms with Gasteiger partial charge in [-0.15, -0.1) is 0 Å². The SMILES string of the molecule is CCCN(C)c1cc(C)nc(SCc2cccc(C(=O)N3CCN(C(C)=O)CC3)c2)n1. The Morgan fingerprint density at radius 3 is 2.48 bits per heavy atom. The molecule has 0 bridgehead atoms. The number of hydrogen-bond donors (Lipinski definition) is 0. The number of aryl methyl sites for hydroxylation is 1. The van der Waals surface area contributed by atoms with Crippen molar-refractivity contribution in [3.8, 4) is 0 Å². The van der Waals surface area contributed by atoms with Gasteiger partial charge in [-0.25, -0.2) is 9.97 Å². The number of amides is 2. The lowest BCUT2D eigenvalue weighted by Crippen LogP contribution is -2.50. The van der Waals surface area contributed by atoms with Crippen LogP contribution in [-0.2, 0) is 10.5 Å². The van der Waals surface area contributed by atoms with Crippen LogP contribution in [-0.4, -0.2) is 71.4 Å². The standard InChI is InChI=1S/C23H31N5O2S/c1-5-9-26(4)21-14-17(2)24-23(25-21)31-16-19-7-6-8-20(15-19)22(30)28-12-10-27(11-13-28)18(3)29/h6-8,14-15H,5,9-13,16H2,1-4H3. The zero-order chi connectivity index (χ0) is 22.4. The fourth-order valence-electron chi connectivity index (χ4n) is 3.58. The Bertz CT molecular complexity index is 928. The van der Waals surface area contributed by atoms with Crippen LogP contribution >= 0.6 is 11.8 Å². The summed E-state index contributed by atoms with van der Waals surface area (Å²) in [4.78, 5) is 39.4. The third kappa shape index (κ3) is 6.19. The molecule has 1 saturated heterocycles. The van der Waals surface area contributed by atoms with Crippen molar-refractivity contribution in [1.29, 1.82) is 0 Å². The Kier molecular flexibility index (Phi) is 7.90. The predicted molar refractivity (Wildman–Crippen MR) is 124 cm³/mol. The lowest BCUT2D eigenvalue weighted by atomic mass is 10.1. The van der Waals surface area contributed by atoms with E-state index in [2.05, 4.69) is 21.8 Å². The van der Waals surface area contributed by atoms with Crippen molar-refractivity contribution in [2.75, 3.05) is 44.7 Å². The molecule has 1 fully saturated rings. The molecule has 2 aromatic rings. The number of anilines is 1. The van der Waals surface area contributed by atoms with Gasteiger partial charge in [0.25, 0.3) is 5.91 Å². The van der Waals surface area contributed by atoms with Crippen LogP contribution in [0.3, 0.4) is 0 Å². The third-order valence-electron chi connectivity index (χ3n) is 5.32. The highest BCUT2D eigenvalue weighted by Crippen LogP contribution is 2.23. The maximum atomic E-state index is 12.9. The predicted octanol–water partition coefficient (Wildman–Crippen LogP) is 3.23. The number of rotatable bonds is 7. The Morgan fingerprint density at radius 1 is 1.10 bits per heavy atom. The Morgan fingerprint density at radius 2 is 1.81 bits per heavy atom. The van der Waals surface area contributed by atoms with Crippen LogP contribution in [0.1, 0.15) is 41.9 Å². The van der Waals surface area contributed by atoms with E-state index in [-0.39, 0.29) is 11.8 Å². The normalized spacial score (nSPS) is 13.9. The number of carbonyl (C=O) groups excluding carboxylic acids is 2. The lowest BCUT2D eigenvalue weighted by molar-refractivity contribution is -0.130. The second-order valence-corrected chi connectivity index (χ2v) is 8.80. The highest BCUT2D eigenvalue weighted by Gasteiger charge is 2.23. The second kappa shape index (κ2) is 10.6. The molecule has 31 heavy (non-hydrogen) atoms. The molecule has 3 rings (SSSR count). The van der Waals surface area contributed by atoms with Crippen molar-refractivity contribution in [3.63, 3.8) is 0 Å². The molecule has 2 heterocycles. The molecule has 1 aromatic carbocycles. The van der Waals surface area contributed by atoms with Crippen LogP contribution in [0.5, 0.6) is 0 Å². The molecule has 0 spiro atoms. The van der Waals surface area contributed by atoms with Gasteiger partial charge in [-0.05, 0) is 31.0 Å². The van der Waals surface area contributed by atoms with Crippen molar-refractivity contribution >= 4 is 29.4 Å². The molecule has 1 aliphatic rings. The largest absolute Gasteiger partial charge is 0.360 e. The van der Waals surface area contributed by atoms with E-state index in [1.54, 1.807) is 23.6 Å². The molecule has 0 saturated carbocycles. The topological polar surface area (TPSA) is 69.6 Å². The molecule has 1 aliphatic heterocycles. The number of aromatic nitrogens is 2. The van der Waals surface area contributed by atoms with E-state index in [1.807, 2.05) is 49.2 Å². The number of carbonyl (C=O) groups is 2. The van der Waals surface area contributed by atoms with Gasteiger partial charge in [0, 0.05) is 69.8 Å². The zero-order valence-electron chi connectivity index (χ0n) is 18.8. The smallest absolute Gasteiger partial charge is 0.253 e. The molecule has 1 aromatic heterocycles. The van der Waals surface area contributed by atoms with Crippen molar-refractivity contribution in [2.45, 2.75) is 38.1 Å². The van der Waals surface area contributed by atoms with Crippen LogP contribution in [0, 0.1) is 6.92 Å². The van der Waals surface area contributed by atoms with Gasteiger partial charge in [-0.3, -0.25) is 9.59 Å². The first-order chi connectivity index (χ1) is 14.9. The maximum absolute atomic E-state index is 12.9. The van der Waals surface area contributed by atoms with Gasteiger partial charge in [0.2, 0.25) is 5.91 Å². The van der Waals surface area contributed by atoms with E-state index in [1.165, 1.54) is 0 Å². The average molecular weight is 442 g/mol. The summed E-state index contributed by atoms with van der Waals surface area (Å²) in [5.74, 6) is 1.71. The van der Waals surface area contributed by atoms with Gasteiger partial charge in [-0.2, -0.15) is 0 Å². The van der Waals surface area contributed by atoms with Crippen molar-refractivity contribution in [1.82, 2.24) is 19.8 Å². The minimum Gasteiger partial charge on any atom is -0.360 e. The maximum Gasteiger partial charge on any atom is 0.253 e. The van der Waals surface area contributed by atoms with Crippen LogP contribution in [0.4, 0.5) is 5.82 Å². The van der Waals surface area contributed by atoms with Crippen molar-refractivity contribution in [3.05, 3.63) is 47.2 Å². The molecule has 0 atom stereocenters. The summed E-state index contributed by atoms with van der Waals surface area (Å²) in [6.45, 7) is 8.99. The van der Waals surface area contributed by atoms with E-state index in [9.17, 15) is 9.59 Å². The Labute approximate surface area is 188 Å². The Hall–Kier alpha value is -2.61. The summed E-state index contributed by atoms with van der Waals surface area (Å²) < 4.78 is 0. The van der Waals surface area contributed by atoms with Crippen LogP contribution in [0.2, 0.25) is 0 Å². The first kappa shape index (κ1) is 23.1. The van der Waals surface area contributed by atoms with Gasteiger partial charge in [-0.1, -0.05) is 30.8 Å². The number of nitrogens with zero attached hydrogens (tertiary/aromatic N) is 5. The minimum atomic E-state index is 0.0188. The van der Waals surface area contributed by atoms with Crippen molar-refractivity contribution < 1.29 is 9.59 Å². The second-order valence-electron chi connectivity index (χ2n) is 7.86. The third-order valence-corrected chi connectivity index (χ3v) is 6.24. The van der Waals surface area contributed by atoms with E-state index in [0.717, 1.165) is 35.2 Å². The quantitative estimate of drug-likeness (QED) is 0.485. The average Bonchev–Trinajstić information content (AvgIpc) is 2.77. The molecule has 166 valence electrons. The summed E-state index contributed by atoms with van der Waals surface area (Å²) in [5, 5.41) is 0.745. The van der Waals surface area contributed by atoms with Gasteiger partial charge < -0.3 is 14.7 Å². The van der Waals surface area contributed by atoms with E-state index in [4.69, 9.17) is 0 Å². The molecule has 0 unspecified atom stereocenters.